The van der Waals surface area contributed by atoms with Crippen LogP contribution in [0, 0.1) is 0 Å². The van der Waals surface area contributed by atoms with Crippen molar-refractivity contribution in [1.29, 1.82) is 0 Å². The number of carbonyl (C=O) groups excluding carboxylic acids is 1. The smallest absolute Gasteiger partial charge is 0.253 e. The van der Waals surface area contributed by atoms with Crippen molar-refractivity contribution in [3.63, 3.8) is 0 Å². The van der Waals surface area contributed by atoms with E-state index < -0.39 is 0 Å². The zero-order valence-electron chi connectivity index (χ0n) is 15.6. The molecule has 0 aliphatic rings. The van der Waals surface area contributed by atoms with Crippen LogP contribution in [0.4, 0.5) is 0 Å². The van der Waals surface area contributed by atoms with E-state index in [2.05, 4.69) is 20.6 Å². The van der Waals surface area contributed by atoms with Crippen LogP contribution in [0.25, 0.3) is 0 Å². The molecule has 0 radical (unpaired) electrons. The molecule has 2 N–H and O–H groups in total. The van der Waals surface area contributed by atoms with Crippen LogP contribution < -0.4 is 15.4 Å². The number of nitrogens with one attached hydrogen (secondary N) is 2. The van der Waals surface area contributed by atoms with Gasteiger partial charge < -0.3 is 20.3 Å². The van der Waals surface area contributed by atoms with Gasteiger partial charge in [0, 0.05) is 39.3 Å². The van der Waals surface area contributed by atoms with E-state index in [-0.39, 0.29) is 5.91 Å². The lowest BCUT2D eigenvalue weighted by molar-refractivity contribution is 0.0827. The zero-order valence-corrected chi connectivity index (χ0v) is 15.6. The van der Waals surface area contributed by atoms with Gasteiger partial charge in [-0.3, -0.25) is 9.79 Å². The normalized spacial score (nSPS) is 11.0. The average molecular weight is 355 g/mol. The Hall–Kier alpha value is -3.09. The van der Waals surface area contributed by atoms with Crippen molar-refractivity contribution in [1.82, 2.24) is 20.5 Å². The van der Waals surface area contributed by atoms with Crippen LogP contribution in [0.15, 0.2) is 47.5 Å². The first-order valence-corrected chi connectivity index (χ1v) is 8.28. The van der Waals surface area contributed by atoms with E-state index in [4.69, 9.17) is 4.74 Å². The lowest BCUT2D eigenvalue weighted by Crippen LogP contribution is -2.36. The van der Waals surface area contributed by atoms with E-state index in [0.717, 1.165) is 11.3 Å². The number of aliphatic imine (C=N–C) groups is 1. The van der Waals surface area contributed by atoms with Gasteiger partial charge in [-0.1, -0.05) is 18.2 Å². The Kier molecular flexibility index (Phi) is 6.96. The van der Waals surface area contributed by atoms with E-state index in [9.17, 15) is 4.79 Å². The summed E-state index contributed by atoms with van der Waals surface area (Å²) in [5.41, 5.74) is 2.59. The molecule has 0 bridgehead atoms. The summed E-state index contributed by atoms with van der Waals surface area (Å²) in [6.07, 6.45) is 0. The Balaban J connectivity index is 1.87. The highest BCUT2D eigenvalue weighted by Gasteiger charge is 2.07. The highest BCUT2D eigenvalue weighted by atomic mass is 16.5. The summed E-state index contributed by atoms with van der Waals surface area (Å²) < 4.78 is 5.12. The number of benzene rings is 1. The molecule has 0 spiro atoms. The van der Waals surface area contributed by atoms with Gasteiger partial charge in [0.25, 0.3) is 5.91 Å². The fourth-order valence-electron chi connectivity index (χ4n) is 2.27. The van der Waals surface area contributed by atoms with Gasteiger partial charge in [-0.2, -0.15) is 0 Å². The second-order valence-corrected chi connectivity index (χ2v) is 5.85. The third-order valence-electron chi connectivity index (χ3n) is 3.72. The largest absolute Gasteiger partial charge is 0.481 e. The highest BCUT2D eigenvalue weighted by molar-refractivity contribution is 5.93. The molecule has 2 rings (SSSR count). The first-order valence-electron chi connectivity index (χ1n) is 8.28. The number of pyridine rings is 1. The number of rotatable bonds is 6. The molecule has 0 aliphatic heterocycles. The molecule has 0 saturated carbocycles. The van der Waals surface area contributed by atoms with Gasteiger partial charge in [-0.05, 0) is 23.8 Å². The summed E-state index contributed by atoms with van der Waals surface area (Å²) in [4.78, 5) is 22.0. The van der Waals surface area contributed by atoms with Gasteiger partial charge in [0.1, 0.15) is 0 Å². The number of methoxy groups -OCH3 is 1. The molecule has 1 aromatic heterocycles. The first kappa shape index (κ1) is 19.2. The molecule has 0 fully saturated rings. The molecule has 1 amide bonds. The minimum Gasteiger partial charge on any atom is -0.481 e. The molecule has 7 heteroatoms. The average Bonchev–Trinajstić information content (AvgIpc) is 2.68. The molecule has 138 valence electrons. The van der Waals surface area contributed by atoms with Crippen LogP contribution in [0.5, 0.6) is 5.88 Å². The molecule has 0 saturated heterocycles. The number of guanidine groups is 1. The molecule has 2 aromatic rings. The van der Waals surface area contributed by atoms with Gasteiger partial charge in [0.15, 0.2) is 5.96 Å². The van der Waals surface area contributed by atoms with Gasteiger partial charge in [0.2, 0.25) is 5.88 Å². The van der Waals surface area contributed by atoms with Crippen LogP contribution in [-0.4, -0.2) is 50.0 Å². The SMILES string of the molecule is CN=C(NCc1ccc(C(=O)N(C)C)cc1)NCc1cccc(OC)n1. The van der Waals surface area contributed by atoms with Crippen molar-refractivity contribution in [2.24, 2.45) is 4.99 Å². The third-order valence-corrected chi connectivity index (χ3v) is 3.72. The lowest BCUT2D eigenvalue weighted by Gasteiger charge is -2.13. The predicted octanol–water partition coefficient (Wildman–Crippen LogP) is 1.66. The maximum Gasteiger partial charge on any atom is 0.253 e. The van der Waals surface area contributed by atoms with Gasteiger partial charge >= 0.3 is 0 Å². The zero-order chi connectivity index (χ0) is 18.9. The minimum atomic E-state index is -0.00669. The van der Waals surface area contributed by atoms with E-state index in [1.54, 1.807) is 39.2 Å². The summed E-state index contributed by atoms with van der Waals surface area (Å²) in [5.74, 6) is 1.25. The topological polar surface area (TPSA) is 78.9 Å². The van der Waals surface area contributed by atoms with Gasteiger partial charge in [-0.25, -0.2) is 4.98 Å². The van der Waals surface area contributed by atoms with Crippen LogP contribution in [0.2, 0.25) is 0 Å². The van der Waals surface area contributed by atoms with E-state index in [0.29, 0.717) is 30.5 Å². The first-order chi connectivity index (χ1) is 12.5. The van der Waals surface area contributed by atoms with Crippen molar-refractivity contribution in [3.8, 4) is 5.88 Å². The molecular weight excluding hydrogens is 330 g/mol. The number of aromatic nitrogens is 1. The van der Waals surface area contributed by atoms with Crippen molar-refractivity contribution < 1.29 is 9.53 Å². The summed E-state index contributed by atoms with van der Waals surface area (Å²) >= 11 is 0. The quantitative estimate of drug-likeness (QED) is 0.609. The Labute approximate surface area is 154 Å². The highest BCUT2D eigenvalue weighted by Crippen LogP contribution is 2.07. The van der Waals surface area contributed by atoms with Crippen LogP contribution in [0.1, 0.15) is 21.6 Å². The predicted molar refractivity (Wildman–Crippen MR) is 102 cm³/mol. The number of hydrogen-bond donors (Lipinski definition) is 2. The Bertz CT molecular complexity index is 757. The second-order valence-electron chi connectivity index (χ2n) is 5.85. The van der Waals surface area contributed by atoms with Gasteiger partial charge in [0.05, 0.1) is 19.3 Å². The van der Waals surface area contributed by atoms with Crippen molar-refractivity contribution in [2.75, 3.05) is 28.3 Å². The molecule has 1 aromatic carbocycles. The van der Waals surface area contributed by atoms with Crippen molar-refractivity contribution in [3.05, 3.63) is 59.3 Å². The lowest BCUT2D eigenvalue weighted by atomic mass is 10.1. The molecule has 7 nitrogen and oxygen atoms in total. The molecule has 0 unspecified atom stereocenters. The van der Waals surface area contributed by atoms with E-state index >= 15 is 0 Å². The summed E-state index contributed by atoms with van der Waals surface area (Å²) in [7, 11) is 6.79. The van der Waals surface area contributed by atoms with E-state index in [1.807, 2.05) is 36.4 Å². The van der Waals surface area contributed by atoms with Crippen LogP contribution >= 0.6 is 0 Å². The number of amides is 1. The molecule has 0 atom stereocenters. The van der Waals surface area contributed by atoms with Crippen LogP contribution in [0.3, 0.4) is 0 Å². The monoisotopic (exact) mass is 355 g/mol. The third kappa shape index (κ3) is 5.47. The Morgan fingerprint density at radius 3 is 2.42 bits per heavy atom. The Morgan fingerprint density at radius 2 is 1.81 bits per heavy atom. The molecule has 26 heavy (non-hydrogen) atoms. The molecular formula is C19H25N5O2. The number of hydrogen-bond acceptors (Lipinski definition) is 4. The minimum absolute atomic E-state index is 0.00669. The number of nitrogens with zero attached hydrogens (tertiary/aromatic N) is 3. The Morgan fingerprint density at radius 1 is 1.12 bits per heavy atom. The second kappa shape index (κ2) is 9.41. The maximum absolute atomic E-state index is 11.9. The molecule has 0 aliphatic carbocycles. The standard InChI is InChI=1S/C19H25N5O2/c1-20-19(22-13-16-6-5-7-17(23-16)26-4)21-12-14-8-10-15(11-9-14)18(25)24(2)3/h5-11H,12-13H2,1-4H3,(H2,20,21,22). The van der Waals surface area contributed by atoms with E-state index in [1.165, 1.54) is 0 Å². The van der Waals surface area contributed by atoms with Crippen LogP contribution in [-0.2, 0) is 13.1 Å². The summed E-state index contributed by atoms with van der Waals surface area (Å²) in [6.45, 7) is 1.13. The number of ether oxygens (including phenoxy) is 1. The fraction of sp³-hybridized carbons (Fsp3) is 0.316. The molecule has 1 heterocycles. The van der Waals surface area contributed by atoms with Crippen molar-refractivity contribution in [2.45, 2.75) is 13.1 Å². The summed E-state index contributed by atoms with van der Waals surface area (Å²) in [6, 6.07) is 13.1. The fourth-order valence-corrected chi connectivity index (χ4v) is 2.27. The maximum atomic E-state index is 11.9. The van der Waals surface area contributed by atoms with Gasteiger partial charge in [-0.15, -0.1) is 0 Å². The summed E-state index contributed by atoms with van der Waals surface area (Å²) in [5, 5.41) is 6.45. The number of carbonyl (C=O) groups is 1. The van der Waals surface area contributed by atoms with Crippen molar-refractivity contribution >= 4 is 11.9 Å².